The fourth-order valence-electron chi connectivity index (χ4n) is 5.45. The molecule has 0 heterocycles. The van der Waals surface area contributed by atoms with Crippen molar-refractivity contribution in [3.8, 4) is 0 Å². The molecule has 0 unspecified atom stereocenters. The van der Waals surface area contributed by atoms with E-state index in [1.807, 2.05) is 140 Å². The lowest BCUT2D eigenvalue weighted by atomic mass is 9.97. The highest BCUT2D eigenvalue weighted by Gasteiger charge is 2.33. The highest BCUT2D eigenvalue weighted by Crippen LogP contribution is 2.38. The molecule has 6 aromatic rings. The van der Waals surface area contributed by atoms with Gasteiger partial charge in [0.2, 0.25) is 0 Å². The largest absolute Gasteiger partial charge is 0.344 e. The SMILES string of the molecule is O=C(N[C@@H](c1ccccc1)[C@@H](c1ccccc1)[S@@](=O)c1ccc(Br)cc1)c1ccccc1P(c1ccccc1)c1ccccc1. The van der Waals surface area contributed by atoms with E-state index < -0.39 is 30.0 Å². The molecule has 0 fully saturated rings. The molecule has 3 atom stereocenters. The first-order valence-corrected chi connectivity index (χ1v) is 18.0. The smallest absolute Gasteiger partial charge is 0.252 e. The summed E-state index contributed by atoms with van der Waals surface area (Å²) in [4.78, 5) is 15.2. The van der Waals surface area contributed by atoms with Gasteiger partial charge in [-0.25, -0.2) is 0 Å². The molecule has 0 aliphatic heterocycles. The molecule has 1 N–H and O–H groups in total. The van der Waals surface area contributed by atoms with Gasteiger partial charge in [-0.15, -0.1) is 0 Å². The van der Waals surface area contributed by atoms with Crippen LogP contribution in [0.25, 0.3) is 0 Å². The van der Waals surface area contributed by atoms with Gasteiger partial charge in [-0.3, -0.25) is 9.00 Å². The van der Waals surface area contributed by atoms with Crippen LogP contribution < -0.4 is 21.2 Å². The molecule has 0 aliphatic carbocycles. The molecule has 0 aromatic heterocycles. The standard InChI is InChI=1S/C39H31BrNO2PS/c40-31-25-27-34(28-26-31)45(43)38(30-17-7-2-8-18-30)37(29-15-5-1-6-16-29)41-39(42)35-23-13-14-24-36(35)44(32-19-9-3-10-20-32)33-21-11-4-12-22-33/h1-28,37-38H,(H,41,42)/t37-,38+,45-/m0/s1. The summed E-state index contributed by atoms with van der Waals surface area (Å²) in [5.74, 6) is -0.201. The fraction of sp³-hybridized carbons (Fsp3) is 0.0513. The van der Waals surface area contributed by atoms with E-state index in [0.717, 1.165) is 31.5 Å². The Kier molecular flexibility index (Phi) is 10.1. The Morgan fingerprint density at radius 1 is 0.578 bits per heavy atom. The van der Waals surface area contributed by atoms with Gasteiger partial charge in [0.15, 0.2) is 0 Å². The predicted molar refractivity (Wildman–Crippen MR) is 192 cm³/mol. The summed E-state index contributed by atoms with van der Waals surface area (Å²) in [6.07, 6.45) is 0. The maximum Gasteiger partial charge on any atom is 0.252 e. The molecule has 0 spiro atoms. The first-order chi connectivity index (χ1) is 22.1. The number of rotatable bonds is 10. The zero-order chi connectivity index (χ0) is 31.0. The van der Waals surface area contributed by atoms with Gasteiger partial charge in [0.25, 0.3) is 5.91 Å². The molecule has 6 rings (SSSR count). The van der Waals surface area contributed by atoms with Crippen molar-refractivity contribution < 1.29 is 9.00 Å². The van der Waals surface area contributed by atoms with Gasteiger partial charge in [0, 0.05) is 14.9 Å². The van der Waals surface area contributed by atoms with Crippen molar-refractivity contribution in [2.24, 2.45) is 0 Å². The van der Waals surface area contributed by atoms with Crippen molar-refractivity contribution in [1.29, 1.82) is 0 Å². The molecule has 6 heteroatoms. The first kappa shape index (κ1) is 30.9. The highest BCUT2D eigenvalue weighted by atomic mass is 79.9. The van der Waals surface area contributed by atoms with Crippen LogP contribution in [0.1, 0.15) is 32.8 Å². The van der Waals surface area contributed by atoms with Gasteiger partial charge in [-0.2, -0.15) is 0 Å². The van der Waals surface area contributed by atoms with Gasteiger partial charge < -0.3 is 5.32 Å². The van der Waals surface area contributed by atoms with E-state index in [-0.39, 0.29) is 5.91 Å². The number of carbonyl (C=O) groups excluding carboxylic acids is 1. The average Bonchev–Trinajstić information content (AvgIpc) is 3.10. The van der Waals surface area contributed by atoms with E-state index in [2.05, 4.69) is 51.6 Å². The van der Waals surface area contributed by atoms with Crippen molar-refractivity contribution in [2.45, 2.75) is 16.2 Å². The minimum atomic E-state index is -1.49. The van der Waals surface area contributed by atoms with Crippen molar-refractivity contribution in [1.82, 2.24) is 5.32 Å². The first-order valence-electron chi connectivity index (χ1n) is 14.7. The average molecular weight is 689 g/mol. The van der Waals surface area contributed by atoms with Gasteiger partial charge in [0.1, 0.15) is 0 Å². The van der Waals surface area contributed by atoms with Crippen molar-refractivity contribution >= 4 is 56.5 Å². The number of hydrogen-bond donors (Lipinski definition) is 1. The molecular weight excluding hydrogens is 657 g/mol. The zero-order valence-corrected chi connectivity index (χ0v) is 27.7. The summed E-state index contributed by atoms with van der Waals surface area (Å²) in [5, 5.41) is 6.13. The number of benzene rings is 6. The van der Waals surface area contributed by atoms with Gasteiger partial charge in [-0.05, 0) is 65.3 Å². The topological polar surface area (TPSA) is 46.2 Å². The van der Waals surface area contributed by atoms with Crippen molar-refractivity contribution in [2.75, 3.05) is 0 Å². The quantitative estimate of drug-likeness (QED) is 0.148. The summed E-state index contributed by atoms with van der Waals surface area (Å²) in [7, 11) is -2.50. The lowest BCUT2D eigenvalue weighted by Crippen LogP contribution is -2.37. The van der Waals surface area contributed by atoms with E-state index >= 15 is 0 Å². The number of nitrogens with one attached hydrogen (secondary N) is 1. The van der Waals surface area contributed by atoms with E-state index in [9.17, 15) is 9.00 Å². The lowest BCUT2D eigenvalue weighted by molar-refractivity contribution is 0.0937. The van der Waals surface area contributed by atoms with Crippen LogP contribution in [0, 0.1) is 0 Å². The molecule has 1 amide bonds. The Labute approximate surface area is 276 Å². The van der Waals surface area contributed by atoms with Crippen LogP contribution in [0.15, 0.2) is 179 Å². The third-order valence-electron chi connectivity index (χ3n) is 7.57. The molecule has 0 saturated carbocycles. The highest BCUT2D eigenvalue weighted by molar-refractivity contribution is 9.10. The van der Waals surface area contributed by atoms with Crippen LogP contribution in [-0.2, 0) is 10.8 Å². The van der Waals surface area contributed by atoms with Crippen LogP contribution in [0.2, 0.25) is 0 Å². The summed E-state index contributed by atoms with van der Waals surface area (Å²) in [5.41, 5.74) is 2.38. The Hall–Kier alpha value is -4.15. The second kappa shape index (κ2) is 14.8. The van der Waals surface area contributed by atoms with Gasteiger partial charge >= 0.3 is 0 Å². The lowest BCUT2D eigenvalue weighted by Gasteiger charge is -2.29. The third kappa shape index (κ3) is 7.23. The molecule has 3 nitrogen and oxygen atoms in total. The molecule has 6 aromatic carbocycles. The minimum Gasteiger partial charge on any atom is -0.344 e. The summed E-state index contributed by atoms with van der Waals surface area (Å²) >= 11 is 3.50. The number of hydrogen-bond acceptors (Lipinski definition) is 2. The van der Waals surface area contributed by atoms with Crippen LogP contribution in [0.3, 0.4) is 0 Å². The van der Waals surface area contributed by atoms with Crippen molar-refractivity contribution in [3.63, 3.8) is 0 Å². The molecule has 0 saturated heterocycles. The summed E-state index contributed by atoms with van der Waals surface area (Å²) < 4.78 is 15.4. The van der Waals surface area contributed by atoms with Gasteiger partial charge in [0.05, 0.1) is 22.1 Å². The third-order valence-corrected chi connectivity index (χ3v) is 12.3. The van der Waals surface area contributed by atoms with Crippen molar-refractivity contribution in [3.05, 3.63) is 191 Å². The number of amides is 1. The molecule has 0 bridgehead atoms. The Morgan fingerprint density at radius 3 is 1.60 bits per heavy atom. The van der Waals surface area contributed by atoms with Crippen LogP contribution in [0.5, 0.6) is 0 Å². The molecule has 0 radical (unpaired) electrons. The normalized spacial score (nSPS) is 13.1. The Balaban J connectivity index is 1.45. The maximum absolute atomic E-state index is 14.5. The second-order valence-electron chi connectivity index (χ2n) is 10.5. The summed E-state index contributed by atoms with van der Waals surface area (Å²) in [6, 6.07) is 55.3. The minimum absolute atomic E-state index is 0.201. The Morgan fingerprint density at radius 2 is 1.04 bits per heavy atom. The van der Waals surface area contributed by atoms with E-state index in [1.165, 1.54) is 0 Å². The Bertz CT molecular complexity index is 1830. The molecule has 222 valence electrons. The van der Waals surface area contributed by atoms with Crippen LogP contribution in [0.4, 0.5) is 0 Å². The van der Waals surface area contributed by atoms with E-state index in [4.69, 9.17) is 0 Å². The monoisotopic (exact) mass is 687 g/mol. The van der Waals surface area contributed by atoms with Gasteiger partial charge in [-0.1, -0.05) is 155 Å². The fourth-order valence-corrected chi connectivity index (χ4v) is 9.74. The zero-order valence-electron chi connectivity index (χ0n) is 24.4. The summed E-state index contributed by atoms with van der Waals surface area (Å²) in [6.45, 7) is 0. The number of halogens is 1. The maximum atomic E-state index is 14.5. The van der Waals surface area contributed by atoms with Crippen LogP contribution >= 0.6 is 23.9 Å². The molecule has 0 aliphatic rings. The van der Waals surface area contributed by atoms with E-state index in [1.54, 1.807) is 0 Å². The predicted octanol–water partition coefficient (Wildman–Crippen LogP) is 8.23. The van der Waals surface area contributed by atoms with E-state index in [0.29, 0.717) is 10.5 Å². The molecule has 45 heavy (non-hydrogen) atoms. The molecular formula is C39H31BrNO2PS. The second-order valence-corrected chi connectivity index (χ2v) is 15.1. The van der Waals surface area contributed by atoms with Crippen LogP contribution in [-0.4, -0.2) is 10.1 Å². The number of carbonyl (C=O) groups is 1.